The number of anilines is 1. The quantitative estimate of drug-likeness (QED) is 0.910. The fraction of sp³-hybridized carbons (Fsp3) is 0.714. The largest absolute Gasteiger partial charge is 0.378 e. The van der Waals surface area contributed by atoms with E-state index in [9.17, 15) is 4.79 Å². The third kappa shape index (κ3) is 4.06. The Bertz CT molecular complexity index is 428. The lowest BCUT2D eigenvalue weighted by Gasteiger charge is -2.18. The number of ether oxygens (including phenoxy) is 1. The van der Waals surface area contributed by atoms with Gasteiger partial charge in [0.2, 0.25) is 5.91 Å². The average molecular weight is 265 g/mol. The van der Waals surface area contributed by atoms with Crippen LogP contribution in [0.1, 0.15) is 46.5 Å². The highest BCUT2D eigenvalue weighted by molar-refractivity contribution is 5.90. The molecule has 1 atom stereocenters. The van der Waals surface area contributed by atoms with Gasteiger partial charge < -0.3 is 10.1 Å². The molecule has 1 aliphatic heterocycles. The van der Waals surface area contributed by atoms with E-state index in [1.165, 1.54) is 0 Å². The van der Waals surface area contributed by atoms with E-state index < -0.39 is 0 Å². The van der Waals surface area contributed by atoms with E-state index in [-0.39, 0.29) is 17.6 Å². The first kappa shape index (κ1) is 14.1. The van der Waals surface area contributed by atoms with Crippen LogP contribution in [-0.2, 0) is 15.1 Å². The number of nitrogens with one attached hydrogen (secondary N) is 1. The number of aromatic nitrogens is 2. The zero-order chi connectivity index (χ0) is 13.9. The summed E-state index contributed by atoms with van der Waals surface area (Å²) in [7, 11) is 0. The summed E-state index contributed by atoms with van der Waals surface area (Å²) >= 11 is 0. The first-order chi connectivity index (χ1) is 8.95. The summed E-state index contributed by atoms with van der Waals surface area (Å²) in [6, 6.07) is 0. The molecule has 1 aromatic heterocycles. The van der Waals surface area contributed by atoms with Crippen molar-refractivity contribution in [2.45, 2.75) is 58.1 Å². The molecular formula is C14H23N3O2. The van der Waals surface area contributed by atoms with E-state index in [4.69, 9.17) is 4.74 Å². The Morgan fingerprint density at radius 3 is 2.95 bits per heavy atom. The van der Waals surface area contributed by atoms with Crippen LogP contribution < -0.4 is 5.32 Å². The summed E-state index contributed by atoms with van der Waals surface area (Å²) in [5.41, 5.74) is 0.688. The summed E-state index contributed by atoms with van der Waals surface area (Å²) in [4.78, 5) is 11.8. The molecular weight excluding hydrogens is 242 g/mol. The predicted molar refractivity (Wildman–Crippen MR) is 74.1 cm³/mol. The van der Waals surface area contributed by atoms with Crippen molar-refractivity contribution in [3.8, 4) is 0 Å². The van der Waals surface area contributed by atoms with Crippen LogP contribution >= 0.6 is 0 Å². The molecule has 0 radical (unpaired) electrons. The minimum atomic E-state index is -0.0688. The molecule has 2 rings (SSSR count). The van der Waals surface area contributed by atoms with Gasteiger partial charge in [-0.1, -0.05) is 0 Å². The summed E-state index contributed by atoms with van der Waals surface area (Å²) in [6.07, 6.45) is 7.33. The SMILES string of the molecule is CC(C)(C)n1cc(NC(=O)CCC2CCCO2)cn1. The number of hydrogen-bond acceptors (Lipinski definition) is 3. The van der Waals surface area contributed by atoms with E-state index in [2.05, 4.69) is 31.2 Å². The smallest absolute Gasteiger partial charge is 0.224 e. The fourth-order valence-electron chi connectivity index (χ4n) is 2.14. The number of carbonyl (C=O) groups excluding carboxylic acids is 1. The molecule has 0 aliphatic carbocycles. The van der Waals surface area contributed by atoms with Crippen LogP contribution in [0.5, 0.6) is 0 Å². The van der Waals surface area contributed by atoms with E-state index >= 15 is 0 Å². The van der Waals surface area contributed by atoms with E-state index in [0.717, 1.165) is 31.6 Å². The summed E-state index contributed by atoms with van der Waals surface area (Å²) in [6.45, 7) is 7.06. The van der Waals surface area contributed by atoms with Gasteiger partial charge in [0, 0.05) is 19.2 Å². The van der Waals surface area contributed by atoms with Crippen molar-refractivity contribution in [2.24, 2.45) is 0 Å². The average Bonchev–Trinajstić information content (AvgIpc) is 2.95. The second-order valence-corrected chi connectivity index (χ2v) is 6.07. The van der Waals surface area contributed by atoms with Crippen molar-refractivity contribution in [2.75, 3.05) is 11.9 Å². The Morgan fingerprint density at radius 1 is 1.58 bits per heavy atom. The topological polar surface area (TPSA) is 56.2 Å². The molecule has 5 heteroatoms. The van der Waals surface area contributed by atoms with Crippen LogP contribution in [0.3, 0.4) is 0 Å². The number of rotatable bonds is 4. The normalized spacial score (nSPS) is 19.6. The highest BCUT2D eigenvalue weighted by Crippen LogP contribution is 2.18. The van der Waals surface area contributed by atoms with Crippen LogP contribution in [0, 0.1) is 0 Å². The molecule has 0 saturated carbocycles. The molecule has 0 bridgehead atoms. The second-order valence-electron chi connectivity index (χ2n) is 6.07. The van der Waals surface area contributed by atoms with Crippen LogP contribution in [0.2, 0.25) is 0 Å². The maximum absolute atomic E-state index is 11.8. The van der Waals surface area contributed by atoms with Crippen LogP contribution in [0.4, 0.5) is 5.69 Å². The van der Waals surface area contributed by atoms with Crippen LogP contribution in [0.15, 0.2) is 12.4 Å². The highest BCUT2D eigenvalue weighted by Gasteiger charge is 2.18. The molecule has 1 fully saturated rings. The Kier molecular flexibility index (Phi) is 4.24. The van der Waals surface area contributed by atoms with Crippen LogP contribution in [0.25, 0.3) is 0 Å². The zero-order valence-corrected chi connectivity index (χ0v) is 12.0. The van der Waals surface area contributed by atoms with Crippen molar-refractivity contribution >= 4 is 11.6 Å². The lowest BCUT2D eigenvalue weighted by Crippen LogP contribution is -2.22. The lowest BCUT2D eigenvalue weighted by molar-refractivity contribution is -0.116. The summed E-state index contributed by atoms with van der Waals surface area (Å²) < 4.78 is 7.36. The summed E-state index contributed by atoms with van der Waals surface area (Å²) in [5, 5.41) is 7.14. The Hall–Kier alpha value is -1.36. The number of carbonyl (C=O) groups is 1. The summed E-state index contributed by atoms with van der Waals surface area (Å²) in [5.74, 6) is 0.0314. The Morgan fingerprint density at radius 2 is 2.37 bits per heavy atom. The van der Waals surface area contributed by atoms with Gasteiger partial charge in [-0.2, -0.15) is 5.10 Å². The monoisotopic (exact) mass is 265 g/mol. The minimum absolute atomic E-state index is 0.0314. The van der Waals surface area contributed by atoms with Crippen molar-refractivity contribution in [1.29, 1.82) is 0 Å². The lowest BCUT2D eigenvalue weighted by atomic mass is 10.1. The molecule has 0 aromatic carbocycles. The molecule has 19 heavy (non-hydrogen) atoms. The molecule has 2 heterocycles. The van der Waals surface area contributed by atoms with Crippen molar-refractivity contribution in [3.63, 3.8) is 0 Å². The third-order valence-corrected chi connectivity index (χ3v) is 3.27. The van der Waals surface area contributed by atoms with Crippen LogP contribution in [-0.4, -0.2) is 28.4 Å². The van der Waals surface area contributed by atoms with Gasteiger partial charge in [-0.05, 0) is 40.0 Å². The van der Waals surface area contributed by atoms with Crippen molar-refractivity contribution in [3.05, 3.63) is 12.4 Å². The van der Waals surface area contributed by atoms with Crippen molar-refractivity contribution in [1.82, 2.24) is 9.78 Å². The molecule has 1 unspecified atom stereocenters. The van der Waals surface area contributed by atoms with E-state index in [0.29, 0.717) is 6.42 Å². The molecule has 1 N–H and O–H groups in total. The van der Waals surface area contributed by atoms with Gasteiger partial charge in [0.15, 0.2) is 0 Å². The van der Waals surface area contributed by atoms with E-state index in [1.54, 1.807) is 6.20 Å². The van der Waals surface area contributed by atoms with Gasteiger partial charge >= 0.3 is 0 Å². The molecule has 106 valence electrons. The van der Waals surface area contributed by atoms with Gasteiger partial charge in [-0.25, -0.2) is 0 Å². The van der Waals surface area contributed by atoms with Gasteiger partial charge in [0.1, 0.15) is 0 Å². The first-order valence-electron chi connectivity index (χ1n) is 6.92. The molecule has 1 saturated heterocycles. The molecule has 1 aromatic rings. The number of hydrogen-bond donors (Lipinski definition) is 1. The first-order valence-corrected chi connectivity index (χ1v) is 6.92. The molecule has 0 spiro atoms. The molecule has 1 aliphatic rings. The number of amides is 1. The maximum atomic E-state index is 11.8. The molecule has 1 amide bonds. The number of nitrogens with zero attached hydrogens (tertiary/aromatic N) is 2. The predicted octanol–water partition coefficient (Wildman–Crippen LogP) is 2.54. The van der Waals surface area contributed by atoms with Gasteiger partial charge in [0.05, 0.1) is 23.5 Å². The molecule has 5 nitrogen and oxygen atoms in total. The zero-order valence-electron chi connectivity index (χ0n) is 12.0. The van der Waals surface area contributed by atoms with Crippen molar-refractivity contribution < 1.29 is 9.53 Å². The standard InChI is InChI=1S/C14H23N3O2/c1-14(2,3)17-10-11(9-15-17)16-13(18)7-6-12-5-4-8-19-12/h9-10,12H,4-8H2,1-3H3,(H,16,18). The van der Waals surface area contributed by atoms with Gasteiger partial charge in [-0.15, -0.1) is 0 Å². The minimum Gasteiger partial charge on any atom is -0.378 e. The Balaban J connectivity index is 1.80. The fourth-order valence-corrected chi connectivity index (χ4v) is 2.14. The van der Waals surface area contributed by atoms with Gasteiger partial charge in [-0.3, -0.25) is 9.48 Å². The van der Waals surface area contributed by atoms with E-state index in [1.807, 2.05) is 10.9 Å². The maximum Gasteiger partial charge on any atom is 0.224 e. The Labute approximate surface area is 114 Å². The highest BCUT2D eigenvalue weighted by atomic mass is 16.5. The van der Waals surface area contributed by atoms with Gasteiger partial charge in [0.25, 0.3) is 0 Å². The third-order valence-electron chi connectivity index (χ3n) is 3.27. The second kappa shape index (κ2) is 5.74.